The quantitative estimate of drug-likeness (QED) is 0.753. The lowest BCUT2D eigenvalue weighted by Gasteiger charge is -2.32. The van der Waals surface area contributed by atoms with Crippen LogP contribution < -0.4 is 4.74 Å². The highest BCUT2D eigenvalue weighted by Crippen LogP contribution is 2.44. The van der Waals surface area contributed by atoms with Crippen LogP contribution in [0.15, 0.2) is 24.3 Å². The van der Waals surface area contributed by atoms with Gasteiger partial charge in [-0.3, -0.25) is 0 Å². The van der Waals surface area contributed by atoms with Gasteiger partial charge in [0.25, 0.3) is 0 Å². The van der Waals surface area contributed by atoms with Gasteiger partial charge in [0.15, 0.2) is 11.5 Å². The Morgan fingerprint density at radius 2 is 1.65 bits per heavy atom. The zero-order valence-electron chi connectivity index (χ0n) is 14.3. The molecule has 0 amide bonds. The van der Waals surface area contributed by atoms with E-state index in [1.165, 1.54) is 6.07 Å². The number of aromatic hydroxyl groups is 2. The van der Waals surface area contributed by atoms with Crippen molar-refractivity contribution >= 4 is 0 Å². The Morgan fingerprint density at radius 3 is 2.22 bits per heavy atom. The molecule has 0 heterocycles. The number of benzene rings is 2. The SMILES string of the molecule is CCC(O)(c1cc(OC)c(C)c(C)c1C)c1cccc(O)c1O. The summed E-state index contributed by atoms with van der Waals surface area (Å²) in [5.41, 5.74) is 2.53. The zero-order chi connectivity index (χ0) is 17.4. The molecule has 23 heavy (non-hydrogen) atoms. The van der Waals surface area contributed by atoms with E-state index >= 15 is 0 Å². The minimum absolute atomic E-state index is 0.247. The Kier molecular flexibility index (Phi) is 4.57. The molecule has 0 spiro atoms. The van der Waals surface area contributed by atoms with Crippen LogP contribution in [-0.4, -0.2) is 22.4 Å². The third-order valence-electron chi connectivity index (χ3n) is 4.81. The molecule has 1 atom stereocenters. The predicted molar refractivity (Wildman–Crippen MR) is 90.3 cm³/mol. The summed E-state index contributed by atoms with van der Waals surface area (Å²) >= 11 is 0. The van der Waals surface area contributed by atoms with Crippen LogP contribution in [0.2, 0.25) is 0 Å². The van der Waals surface area contributed by atoms with Crippen LogP contribution >= 0.6 is 0 Å². The second-order valence-electron chi connectivity index (χ2n) is 5.89. The summed E-state index contributed by atoms with van der Waals surface area (Å²) in [6, 6.07) is 6.44. The minimum Gasteiger partial charge on any atom is -0.504 e. The molecule has 0 aliphatic carbocycles. The van der Waals surface area contributed by atoms with Crippen molar-refractivity contribution in [2.75, 3.05) is 7.11 Å². The van der Waals surface area contributed by atoms with Gasteiger partial charge in [0, 0.05) is 5.56 Å². The van der Waals surface area contributed by atoms with Crippen LogP contribution in [0.5, 0.6) is 17.2 Å². The van der Waals surface area contributed by atoms with Crippen LogP contribution in [0.3, 0.4) is 0 Å². The number of phenols is 2. The molecule has 0 saturated heterocycles. The summed E-state index contributed by atoms with van der Waals surface area (Å²) in [6.45, 7) is 7.74. The number of hydrogen-bond acceptors (Lipinski definition) is 4. The normalized spacial score (nSPS) is 13.7. The third-order valence-corrected chi connectivity index (χ3v) is 4.81. The molecule has 2 rings (SSSR count). The van der Waals surface area contributed by atoms with Gasteiger partial charge in [0.2, 0.25) is 0 Å². The molecule has 4 heteroatoms. The van der Waals surface area contributed by atoms with Gasteiger partial charge in [-0.1, -0.05) is 19.1 Å². The van der Waals surface area contributed by atoms with Gasteiger partial charge in [-0.25, -0.2) is 0 Å². The maximum absolute atomic E-state index is 11.4. The van der Waals surface area contributed by atoms with Gasteiger partial charge < -0.3 is 20.1 Å². The first-order valence-corrected chi connectivity index (χ1v) is 7.67. The van der Waals surface area contributed by atoms with E-state index in [4.69, 9.17) is 4.74 Å². The fraction of sp³-hybridized carbons (Fsp3) is 0.368. The van der Waals surface area contributed by atoms with Crippen molar-refractivity contribution in [3.8, 4) is 17.2 Å². The molecular formula is C19H24O4. The van der Waals surface area contributed by atoms with Crippen LogP contribution in [0.25, 0.3) is 0 Å². The number of aliphatic hydroxyl groups is 1. The molecule has 124 valence electrons. The van der Waals surface area contributed by atoms with E-state index in [-0.39, 0.29) is 17.1 Å². The highest BCUT2D eigenvalue weighted by Gasteiger charge is 2.35. The van der Waals surface area contributed by atoms with Crippen molar-refractivity contribution in [3.05, 3.63) is 52.1 Å². The summed E-state index contributed by atoms with van der Waals surface area (Å²) in [4.78, 5) is 0. The number of rotatable bonds is 4. The fourth-order valence-electron chi connectivity index (χ4n) is 3.05. The van der Waals surface area contributed by atoms with Crippen LogP contribution in [0.4, 0.5) is 0 Å². The van der Waals surface area contributed by atoms with E-state index in [2.05, 4.69) is 0 Å². The van der Waals surface area contributed by atoms with Crippen molar-refractivity contribution in [2.45, 2.75) is 39.7 Å². The van der Waals surface area contributed by atoms with Crippen LogP contribution in [0, 0.1) is 20.8 Å². The van der Waals surface area contributed by atoms with Crippen molar-refractivity contribution in [1.82, 2.24) is 0 Å². The first-order chi connectivity index (χ1) is 10.8. The first kappa shape index (κ1) is 17.2. The Labute approximate surface area is 137 Å². The predicted octanol–water partition coefficient (Wildman–Crippen LogP) is 3.68. The molecule has 0 aliphatic rings. The van der Waals surface area contributed by atoms with Crippen molar-refractivity contribution in [1.29, 1.82) is 0 Å². The number of para-hydroxylation sites is 1. The number of phenolic OH excluding ortho intramolecular Hbond substituents is 2. The van der Waals surface area contributed by atoms with Gasteiger partial charge in [0.1, 0.15) is 11.4 Å². The molecule has 0 saturated carbocycles. The Bertz CT molecular complexity index is 737. The average molecular weight is 316 g/mol. The van der Waals surface area contributed by atoms with E-state index in [0.717, 1.165) is 16.7 Å². The highest BCUT2D eigenvalue weighted by molar-refractivity contribution is 5.56. The van der Waals surface area contributed by atoms with Gasteiger partial charge in [-0.2, -0.15) is 0 Å². The van der Waals surface area contributed by atoms with Gasteiger partial charge in [0.05, 0.1) is 7.11 Å². The smallest absolute Gasteiger partial charge is 0.163 e. The summed E-state index contributed by atoms with van der Waals surface area (Å²) in [6.07, 6.45) is 0.344. The molecule has 4 nitrogen and oxygen atoms in total. The molecule has 2 aromatic rings. The fourth-order valence-corrected chi connectivity index (χ4v) is 3.05. The zero-order valence-corrected chi connectivity index (χ0v) is 14.3. The molecule has 0 fully saturated rings. The van der Waals surface area contributed by atoms with Crippen molar-refractivity contribution < 1.29 is 20.1 Å². The summed E-state index contributed by atoms with van der Waals surface area (Å²) in [5, 5.41) is 31.4. The van der Waals surface area contributed by atoms with Crippen molar-refractivity contribution in [2.24, 2.45) is 0 Å². The molecule has 2 aromatic carbocycles. The molecule has 0 bridgehead atoms. The second kappa shape index (κ2) is 6.13. The van der Waals surface area contributed by atoms with Crippen LogP contribution in [0.1, 0.15) is 41.2 Å². The van der Waals surface area contributed by atoms with E-state index in [0.29, 0.717) is 17.7 Å². The topological polar surface area (TPSA) is 69.9 Å². The van der Waals surface area contributed by atoms with E-state index in [9.17, 15) is 15.3 Å². The molecule has 0 aliphatic heterocycles. The Morgan fingerprint density at radius 1 is 1.00 bits per heavy atom. The van der Waals surface area contributed by atoms with Crippen LogP contribution in [-0.2, 0) is 5.60 Å². The van der Waals surface area contributed by atoms with E-state index in [1.807, 2.05) is 33.8 Å². The second-order valence-corrected chi connectivity index (χ2v) is 5.89. The third kappa shape index (κ3) is 2.63. The maximum atomic E-state index is 11.4. The Balaban J connectivity index is 2.79. The molecule has 0 aromatic heterocycles. The summed E-state index contributed by atoms with van der Waals surface area (Å²) < 4.78 is 5.43. The van der Waals surface area contributed by atoms with Gasteiger partial charge in [-0.15, -0.1) is 0 Å². The van der Waals surface area contributed by atoms with Gasteiger partial charge in [-0.05, 0) is 61.6 Å². The van der Waals surface area contributed by atoms with Gasteiger partial charge >= 0.3 is 0 Å². The summed E-state index contributed by atoms with van der Waals surface area (Å²) in [7, 11) is 1.59. The lowest BCUT2D eigenvalue weighted by molar-refractivity contribution is 0.0723. The molecule has 0 radical (unpaired) electrons. The highest BCUT2D eigenvalue weighted by atomic mass is 16.5. The Hall–Kier alpha value is -2.20. The largest absolute Gasteiger partial charge is 0.504 e. The molecule has 1 unspecified atom stereocenters. The van der Waals surface area contributed by atoms with Crippen molar-refractivity contribution in [3.63, 3.8) is 0 Å². The number of methoxy groups -OCH3 is 1. The molecular weight excluding hydrogens is 292 g/mol. The number of hydrogen-bond donors (Lipinski definition) is 3. The monoisotopic (exact) mass is 316 g/mol. The first-order valence-electron chi connectivity index (χ1n) is 7.67. The number of ether oxygens (including phenoxy) is 1. The maximum Gasteiger partial charge on any atom is 0.163 e. The lowest BCUT2D eigenvalue weighted by atomic mass is 9.79. The standard InChI is InChI=1S/C19H24O4/c1-6-19(22,14-8-7-9-16(20)18(14)21)15-10-17(23-5)13(4)11(2)12(15)3/h7-10,20-22H,6H2,1-5H3. The van der Waals surface area contributed by atoms with E-state index in [1.54, 1.807) is 19.2 Å². The van der Waals surface area contributed by atoms with E-state index < -0.39 is 5.60 Å². The summed E-state index contributed by atoms with van der Waals surface area (Å²) in [5.74, 6) is 0.144. The lowest BCUT2D eigenvalue weighted by Crippen LogP contribution is -2.28. The molecule has 3 N–H and O–H groups in total. The minimum atomic E-state index is -1.42. The average Bonchev–Trinajstić information content (AvgIpc) is 2.55.